The number of nitriles is 1. The van der Waals surface area contributed by atoms with Crippen molar-refractivity contribution in [3.8, 4) is 6.07 Å². The van der Waals surface area contributed by atoms with Gasteiger partial charge >= 0.3 is 0 Å². The fraction of sp³-hybridized carbons (Fsp3) is 0.417. The zero-order valence-electron chi connectivity index (χ0n) is 10.2. The van der Waals surface area contributed by atoms with E-state index in [2.05, 4.69) is 5.32 Å². The van der Waals surface area contributed by atoms with E-state index in [0.29, 0.717) is 25.3 Å². The van der Waals surface area contributed by atoms with E-state index in [0.717, 1.165) is 0 Å². The fourth-order valence-electron chi connectivity index (χ4n) is 2.17. The molecule has 0 aliphatic carbocycles. The van der Waals surface area contributed by atoms with Gasteiger partial charge in [0.05, 0.1) is 22.8 Å². The number of non-ortho nitro benzene ring substituents is 1. The summed E-state index contributed by atoms with van der Waals surface area (Å²) in [5.74, 6) is 0. The van der Waals surface area contributed by atoms with Crippen LogP contribution in [0.25, 0.3) is 0 Å². The Morgan fingerprint density at radius 1 is 1.63 bits per heavy atom. The van der Waals surface area contributed by atoms with Gasteiger partial charge in [0.25, 0.3) is 5.69 Å². The molecule has 0 saturated carbocycles. The summed E-state index contributed by atoms with van der Waals surface area (Å²) in [4.78, 5) is 12.1. The van der Waals surface area contributed by atoms with Crippen LogP contribution in [0.4, 0.5) is 11.4 Å². The fourth-order valence-corrected chi connectivity index (χ4v) is 2.17. The molecule has 1 saturated heterocycles. The molecule has 100 valence electrons. The van der Waals surface area contributed by atoms with Crippen molar-refractivity contribution < 1.29 is 10.0 Å². The minimum atomic E-state index is -0.515. The zero-order valence-corrected chi connectivity index (χ0v) is 10.2. The highest BCUT2D eigenvalue weighted by molar-refractivity contribution is 5.63. The average molecular weight is 262 g/mol. The smallest absolute Gasteiger partial charge is 0.270 e. The molecule has 2 N–H and O–H groups in total. The van der Waals surface area contributed by atoms with Crippen LogP contribution in [0, 0.1) is 21.4 Å². The highest BCUT2D eigenvalue weighted by atomic mass is 16.6. The standard InChI is InChI=1S/C12H14N4O3/c13-6-9-5-11(16(18)19)1-2-12(9)15-4-3-14-10(7-15)8-17/h1-2,5,10,14,17H,3-4,7-8H2. The van der Waals surface area contributed by atoms with E-state index in [-0.39, 0.29) is 23.9 Å². The molecule has 1 aromatic carbocycles. The van der Waals surface area contributed by atoms with Crippen molar-refractivity contribution in [1.29, 1.82) is 5.26 Å². The number of rotatable bonds is 3. The lowest BCUT2D eigenvalue weighted by molar-refractivity contribution is -0.384. The Kier molecular flexibility index (Phi) is 3.94. The number of benzene rings is 1. The Balaban J connectivity index is 2.29. The van der Waals surface area contributed by atoms with Crippen molar-refractivity contribution in [2.75, 3.05) is 31.1 Å². The molecule has 0 aromatic heterocycles. The van der Waals surface area contributed by atoms with Crippen LogP contribution in [0.1, 0.15) is 5.56 Å². The first-order valence-electron chi connectivity index (χ1n) is 5.93. The highest BCUT2D eigenvalue weighted by Gasteiger charge is 2.22. The first-order valence-corrected chi connectivity index (χ1v) is 5.93. The van der Waals surface area contributed by atoms with Crippen LogP contribution in [-0.2, 0) is 0 Å². The third-order valence-electron chi connectivity index (χ3n) is 3.13. The molecular formula is C12H14N4O3. The maximum atomic E-state index is 10.7. The molecule has 0 bridgehead atoms. The van der Waals surface area contributed by atoms with Gasteiger partial charge in [-0.3, -0.25) is 10.1 Å². The maximum Gasteiger partial charge on any atom is 0.270 e. The summed E-state index contributed by atoms with van der Waals surface area (Å²) in [6.07, 6.45) is 0. The predicted octanol–water partition coefficient (Wildman–Crippen LogP) is 0.237. The number of hydrogen-bond donors (Lipinski definition) is 2. The predicted molar refractivity (Wildman–Crippen MR) is 68.9 cm³/mol. The molecule has 0 amide bonds. The molecule has 1 aliphatic rings. The highest BCUT2D eigenvalue weighted by Crippen LogP contribution is 2.25. The summed E-state index contributed by atoms with van der Waals surface area (Å²) in [6, 6.07) is 6.22. The van der Waals surface area contributed by atoms with Crippen molar-refractivity contribution in [1.82, 2.24) is 5.32 Å². The Labute approximate surface area is 110 Å². The number of nitro groups is 1. The second-order valence-electron chi connectivity index (χ2n) is 4.35. The summed E-state index contributed by atoms with van der Waals surface area (Å²) in [5.41, 5.74) is 0.870. The van der Waals surface area contributed by atoms with Gasteiger partial charge in [0.15, 0.2) is 0 Å². The minimum absolute atomic E-state index is 0.0192. The van der Waals surface area contributed by atoms with Crippen molar-refractivity contribution in [2.45, 2.75) is 6.04 Å². The molecule has 1 fully saturated rings. The molecule has 1 unspecified atom stereocenters. The van der Waals surface area contributed by atoms with Gasteiger partial charge in [-0.1, -0.05) is 0 Å². The van der Waals surface area contributed by atoms with Gasteiger partial charge < -0.3 is 15.3 Å². The number of anilines is 1. The lowest BCUT2D eigenvalue weighted by atomic mass is 10.1. The molecule has 7 nitrogen and oxygen atoms in total. The summed E-state index contributed by atoms with van der Waals surface area (Å²) >= 11 is 0. The summed E-state index contributed by atoms with van der Waals surface area (Å²) in [5, 5.41) is 32.1. The van der Waals surface area contributed by atoms with Crippen molar-refractivity contribution >= 4 is 11.4 Å². The van der Waals surface area contributed by atoms with E-state index >= 15 is 0 Å². The second-order valence-corrected chi connectivity index (χ2v) is 4.35. The van der Waals surface area contributed by atoms with Gasteiger partial charge in [-0.15, -0.1) is 0 Å². The largest absolute Gasteiger partial charge is 0.395 e. The Hall–Kier alpha value is -2.17. The number of piperazine rings is 1. The van der Waals surface area contributed by atoms with E-state index in [4.69, 9.17) is 10.4 Å². The van der Waals surface area contributed by atoms with E-state index in [1.165, 1.54) is 12.1 Å². The third-order valence-corrected chi connectivity index (χ3v) is 3.13. The van der Waals surface area contributed by atoms with E-state index in [1.807, 2.05) is 11.0 Å². The minimum Gasteiger partial charge on any atom is -0.395 e. The number of hydrogen-bond acceptors (Lipinski definition) is 6. The SMILES string of the molecule is N#Cc1cc([N+](=O)[O-])ccc1N1CCNC(CO)C1. The Morgan fingerprint density at radius 3 is 3.05 bits per heavy atom. The van der Waals surface area contributed by atoms with Gasteiger partial charge in [-0.05, 0) is 6.07 Å². The summed E-state index contributed by atoms with van der Waals surface area (Å²) < 4.78 is 0. The Morgan fingerprint density at radius 2 is 2.42 bits per heavy atom. The lowest BCUT2D eigenvalue weighted by Crippen LogP contribution is -2.52. The quantitative estimate of drug-likeness (QED) is 0.597. The number of aliphatic hydroxyl groups is 1. The van der Waals surface area contributed by atoms with Crippen LogP contribution in [0.2, 0.25) is 0 Å². The van der Waals surface area contributed by atoms with Crippen molar-refractivity contribution in [2.24, 2.45) is 0 Å². The molecule has 1 aliphatic heterocycles. The zero-order chi connectivity index (χ0) is 13.8. The Bertz CT molecular complexity index is 526. The molecule has 0 radical (unpaired) electrons. The number of nitro benzene ring substituents is 1. The monoisotopic (exact) mass is 262 g/mol. The van der Waals surface area contributed by atoms with Crippen molar-refractivity contribution in [3.63, 3.8) is 0 Å². The van der Waals surface area contributed by atoms with Crippen LogP contribution in [0.3, 0.4) is 0 Å². The van der Waals surface area contributed by atoms with Crippen LogP contribution in [0.15, 0.2) is 18.2 Å². The van der Waals surface area contributed by atoms with Gasteiger partial charge in [0.2, 0.25) is 0 Å². The molecule has 2 rings (SSSR count). The molecule has 19 heavy (non-hydrogen) atoms. The van der Waals surface area contributed by atoms with E-state index in [1.54, 1.807) is 6.07 Å². The molecule has 1 atom stereocenters. The van der Waals surface area contributed by atoms with Gasteiger partial charge in [0.1, 0.15) is 6.07 Å². The van der Waals surface area contributed by atoms with Crippen molar-refractivity contribution in [3.05, 3.63) is 33.9 Å². The van der Waals surface area contributed by atoms with E-state index < -0.39 is 4.92 Å². The average Bonchev–Trinajstić information content (AvgIpc) is 2.46. The van der Waals surface area contributed by atoms with Crippen LogP contribution in [0.5, 0.6) is 0 Å². The second kappa shape index (κ2) is 5.65. The number of nitrogens with zero attached hydrogens (tertiary/aromatic N) is 3. The van der Waals surface area contributed by atoms with Gasteiger partial charge in [-0.25, -0.2) is 0 Å². The maximum absolute atomic E-state index is 10.7. The topological polar surface area (TPSA) is 102 Å². The van der Waals surface area contributed by atoms with Gasteiger partial charge in [0, 0.05) is 37.8 Å². The normalized spacial score (nSPS) is 18.9. The molecule has 7 heteroatoms. The summed E-state index contributed by atoms with van der Waals surface area (Å²) in [7, 11) is 0. The van der Waals surface area contributed by atoms with E-state index in [9.17, 15) is 10.1 Å². The van der Waals surface area contributed by atoms with Crippen LogP contribution >= 0.6 is 0 Å². The van der Waals surface area contributed by atoms with Crippen LogP contribution in [-0.4, -0.2) is 42.3 Å². The molecule has 1 heterocycles. The first kappa shape index (κ1) is 13.3. The number of nitrogens with one attached hydrogen (secondary N) is 1. The third kappa shape index (κ3) is 2.81. The lowest BCUT2D eigenvalue weighted by Gasteiger charge is -2.34. The number of aliphatic hydroxyl groups excluding tert-OH is 1. The summed E-state index contributed by atoms with van der Waals surface area (Å²) in [6.45, 7) is 1.99. The molecule has 0 spiro atoms. The van der Waals surface area contributed by atoms with Gasteiger partial charge in [-0.2, -0.15) is 5.26 Å². The first-order chi connectivity index (χ1) is 9.15. The molecular weight excluding hydrogens is 248 g/mol. The van der Waals surface area contributed by atoms with Crippen LogP contribution < -0.4 is 10.2 Å². The molecule has 1 aromatic rings.